The van der Waals surface area contributed by atoms with Crippen molar-refractivity contribution in [3.05, 3.63) is 99.3 Å². The van der Waals surface area contributed by atoms with Crippen LogP contribution in [0.25, 0.3) is 0 Å². The Hall–Kier alpha value is -4.11. The molecule has 1 heterocycles. The number of hydrogen-bond acceptors (Lipinski definition) is 9. The Morgan fingerprint density at radius 1 is 1.00 bits per heavy atom. The highest BCUT2D eigenvalue weighted by Crippen LogP contribution is 2.43. The molecule has 3 aliphatic carbocycles. The first-order valence-electron chi connectivity index (χ1n) is 23.8. The van der Waals surface area contributed by atoms with Crippen LogP contribution in [0.4, 0.5) is 20.2 Å². The summed E-state index contributed by atoms with van der Waals surface area (Å²) in [5, 5.41) is 17.9. The first-order valence-corrected chi connectivity index (χ1v) is 27.7. The van der Waals surface area contributed by atoms with Gasteiger partial charge in [0.2, 0.25) is 5.91 Å². The maximum Gasteiger partial charge on any atom is 0.277 e. The second-order valence-electron chi connectivity index (χ2n) is 19.1. The summed E-state index contributed by atoms with van der Waals surface area (Å²) < 4.78 is 89.1. The third-order valence-corrected chi connectivity index (χ3v) is 19.6. The molecule has 0 saturated heterocycles. The molecule has 3 fully saturated rings. The fraction of sp³-hybridized carbons (Fsp3) is 0.540. The van der Waals surface area contributed by atoms with Crippen LogP contribution in [-0.2, 0) is 31.2 Å². The molecule has 4 aliphatic rings. The Morgan fingerprint density at radius 3 is 2.41 bits per heavy atom. The Labute approximate surface area is 409 Å². The van der Waals surface area contributed by atoms with Gasteiger partial charge in [0.15, 0.2) is 9.84 Å². The monoisotopic (exact) mass is 1010 g/mol. The van der Waals surface area contributed by atoms with Crippen molar-refractivity contribution in [3.63, 3.8) is 0 Å². The lowest BCUT2D eigenvalue weighted by atomic mass is 9.74. The number of hydrazine groups is 1. The zero-order valence-corrected chi connectivity index (χ0v) is 42.1. The van der Waals surface area contributed by atoms with E-state index in [4.69, 9.17) is 23.2 Å². The Morgan fingerprint density at radius 2 is 1.75 bits per heavy atom. The lowest BCUT2D eigenvalue weighted by Gasteiger charge is -2.40. The fourth-order valence-electron chi connectivity index (χ4n) is 10.7. The van der Waals surface area contributed by atoms with Gasteiger partial charge in [-0.1, -0.05) is 68.6 Å². The van der Waals surface area contributed by atoms with Crippen molar-refractivity contribution in [3.8, 4) is 6.07 Å². The summed E-state index contributed by atoms with van der Waals surface area (Å²) in [6.07, 6.45) is 7.05. The van der Waals surface area contributed by atoms with E-state index in [0.717, 1.165) is 28.9 Å². The second kappa shape index (κ2) is 21.9. The predicted octanol–water partition coefficient (Wildman–Crippen LogP) is 10.2. The van der Waals surface area contributed by atoms with Crippen LogP contribution < -0.4 is 25.8 Å². The highest BCUT2D eigenvalue weighted by molar-refractivity contribution is 7.93. The van der Waals surface area contributed by atoms with E-state index in [2.05, 4.69) is 41.3 Å². The summed E-state index contributed by atoms with van der Waals surface area (Å²) in [7, 11) is -8.17. The molecule has 7 unspecified atom stereocenters. The molecule has 3 saturated carbocycles. The minimum atomic E-state index is -4.42. The molecule has 368 valence electrons. The van der Waals surface area contributed by atoms with Gasteiger partial charge in [-0.15, -0.1) is 11.6 Å². The molecule has 3 aromatic rings. The highest BCUT2D eigenvalue weighted by atomic mass is 35.5. The van der Waals surface area contributed by atoms with Gasteiger partial charge in [-0.3, -0.25) is 14.9 Å². The number of amides is 2. The van der Waals surface area contributed by atoms with Crippen LogP contribution in [0.2, 0.25) is 5.02 Å². The number of carbonyl (C=O) groups is 2. The van der Waals surface area contributed by atoms with Crippen LogP contribution in [0.3, 0.4) is 0 Å². The summed E-state index contributed by atoms with van der Waals surface area (Å²) in [6, 6.07) is 13.9. The number of anilines is 2. The lowest BCUT2D eigenvalue weighted by molar-refractivity contribution is -0.128. The maximum atomic E-state index is 15.0. The third-order valence-electron chi connectivity index (χ3n) is 14.6. The van der Waals surface area contributed by atoms with Crippen molar-refractivity contribution in [2.24, 2.45) is 23.7 Å². The summed E-state index contributed by atoms with van der Waals surface area (Å²) in [5.74, 6) is -2.47. The SMILES string of the molecule is CC=C1CC(NC(=O)C2C(F)CCCC2Cl)CCC1C(NC(CCC)S(=O)(=O)C1CCC(C(C)C)CC1)c1ccc(S(=O)(=O)N2NCc3ccc(NC(=O)c4c(F)cccc4Cl)cc32)cc1C#N. The number of alkyl halides is 2. The van der Waals surface area contributed by atoms with Crippen molar-refractivity contribution in [2.45, 2.75) is 150 Å². The van der Waals surface area contributed by atoms with Crippen molar-refractivity contribution < 1.29 is 35.2 Å². The number of sulfonamides is 1. The number of rotatable bonds is 15. The third kappa shape index (κ3) is 10.9. The first kappa shape index (κ1) is 51.7. The van der Waals surface area contributed by atoms with Gasteiger partial charge < -0.3 is 10.6 Å². The molecule has 18 heteroatoms. The zero-order chi connectivity index (χ0) is 49.1. The smallest absolute Gasteiger partial charge is 0.277 e. The summed E-state index contributed by atoms with van der Waals surface area (Å²) in [6.45, 7) is 8.27. The molecule has 0 radical (unpaired) electrons. The average Bonchev–Trinajstić information content (AvgIpc) is 3.74. The molecule has 68 heavy (non-hydrogen) atoms. The number of fused-ring (bicyclic) bond motifs is 1. The highest BCUT2D eigenvalue weighted by Gasteiger charge is 2.43. The van der Waals surface area contributed by atoms with Gasteiger partial charge in [0, 0.05) is 29.7 Å². The number of hydrogen-bond donors (Lipinski definition) is 4. The van der Waals surface area contributed by atoms with Crippen LogP contribution >= 0.6 is 23.2 Å². The zero-order valence-electron chi connectivity index (χ0n) is 38.9. The number of benzene rings is 3. The number of nitrogens with zero attached hydrogens (tertiary/aromatic N) is 2. The van der Waals surface area contributed by atoms with E-state index < -0.39 is 71.6 Å². The molecule has 7 atom stereocenters. The molecular formula is C50H62Cl2F2N6O6S2. The molecule has 0 aromatic heterocycles. The van der Waals surface area contributed by atoms with Gasteiger partial charge in [0.05, 0.1) is 44.0 Å². The van der Waals surface area contributed by atoms with E-state index in [1.165, 1.54) is 30.3 Å². The van der Waals surface area contributed by atoms with Gasteiger partial charge in [-0.25, -0.2) is 22.6 Å². The summed E-state index contributed by atoms with van der Waals surface area (Å²) in [4.78, 5) is 26.4. The minimum Gasteiger partial charge on any atom is -0.353 e. The van der Waals surface area contributed by atoms with Gasteiger partial charge in [0.1, 0.15) is 17.4 Å². The van der Waals surface area contributed by atoms with Crippen molar-refractivity contribution in [1.82, 2.24) is 16.1 Å². The van der Waals surface area contributed by atoms with E-state index in [0.29, 0.717) is 80.8 Å². The predicted molar refractivity (Wildman–Crippen MR) is 262 cm³/mol. The van der Waals surface area contributed by atoms with Crippen LogP contribution in [0.1, 0.15) is 138 Å². The van der Waals surface area contributed by atoms with Crippen LogP contribution in [0.15, 0.2) is 71.1 Å². The number of allylic oxidation sites excluding steroid dienone is 1. The number of sulfone groups is 1. The first-order chi connectivity index (χ1) is 32.4. The maximum absolute atomic E-state index is 15.0. The largest absolute Gasteiger partial charge is 0.353 e. The Bertz CT molecular complexity index is 2630. The molecule has 4 N–H and O–H groups in total. The standard InChI is InChI=1S/C50H62Cl2F2N6O6S2/c1-5-9-45(67(63,64)36-19-15-31(16-20-36)29(3)4)59-48(38-22-18-34(24-30(38)6-2)57-49(61)46-40(51)10-7-12-42(46)53)39-23-21-37(25-33(39)27-55)68(65,66)60-44-26-35(17-14-32(44)28-56-60)58-50(62)47-41(52)11-8-13-43(47)54/h6,8,11,13-14,17,21,23,25-26,29,31,34,36,38,40,42,45-46,48,56,59H,5,7,9-10,12,15-16,18-20,22,24,28H2,1-4H3,(H,57,61)(H,58,62). The van der Waals surface area contributed by atoms with Crippen molar-refractivity contribution in [2.75, 3.05) is 9.73 Å². The number of nitrogens with one attached hydrogen (secondary N) is 4. The molecule has 0 bridgehead atoms. The lowest BCUT2D eigenvalue weighted by Crippen LogP contribution is -2.50. The van der Waals surface area contributed by atoms with Gasteiger partial charge >= 0.3 is 0 Å². The van der Waals surface area contributed by atoms with Gasteiger partial charge in [-0.2, -0.15) is 18.1 Å². The topological polar surface area (TPSA) is 178 Å². The quantitative estimate of drug-likeness (QED) is 0.0852. The molecule has 7 rings (SSSR count). The molecule has 2 amide bonds. The summed E-state index contributed by atoms with van der Waals surface area (Å²) in [5.41, 5.74) is 4.87. The second-order valence-corrected chi connectivity index (χ2v) is 24.3. The van der Waals surface area contributed by atoms with Gasteiger partial charge in [-0.05, 0) is 143 Å². The molecular weight excluding hydrogens is 954 g/mol. The van der Waals surface area contributed by atoms with Gasteiger partial charge in [0.25, 0.3) is 15.9 Å². The van der Waals surface area contributed by atoms with Crippen LogP contribution in [0, 0.1) is 40.8 Å². The number of carbonyl (C=O) groups excluding carboxylic acids is 2. The molecule has 0 spiro atoms. The Balaban J connectivity index is 1.20. The van der Waals surface area contributed by atoms with E-state index in [1.807, 2.05) is 19.9 Å². The fourth-order valence-corrected chi connectivity index (χ4v) is 15.1. The average molecular weight is 1020 g/mol. The molecule has 1 aliphatic heterocycles. The number of halogens is 4. The van der Waals surface area contributed by atoms with E-state index >= 15 is 4.39 Å². The van der Waals surface area contributed by atoms with Crippen molar-refractivity contribution in [1.29, 1.82) is 5.26 Å². The molecule has 12 nitrogen and oxygen atoms in total. The van der Waals surface area contributed by atoms with Crippen molar-refractivity contribution >= 4 is 66.3 Å². The van der Waals surface area contributed by atoms with Crippen LogP contribution in [0.5, 0.6) is 0 Å². The normalized spacial score (nSPS) is 25.9. The van der Waals surface area contributed by atoms with Crippen LogP contribution in [-0.4, -0.2) is 56.9 Å². The van der Waals surface area contributed by atoms with E-state index in [-0.39, 0.29) is 57.3 Å². The Kier molecular flexibility index (Phi) is 16.7. The van der Waals surface area contributed by atoms with E-state index in [1.54, 1.807) is 18.2 Å². The minimum absolute atomic E-state index is 0.0289. The summed E-state index contributed by atoms with van der Waals surface area (Å²) >= 11 is 12.6. The molecule has 3 aromatic carbocycles. The number of nitriles is 1. The van der Waals surface area contributed by atoms with E-state index in [9.17, 15) is 36.1 Å².